The minimum Gasteiger partial charge on any atom is -0.394 e. The summed E-state index contributed by atoms with van der Waals surface area (Å²) in [5.74, 6) is -0.0965. The molecule has 0 spiro atoms. The number of nitrogens with zero attached hydrogens (tertiary/aromatic N) is 1. The Bertz CT molecular complexity index is 285. The van der Waals surface area contributed by atoms with Crippen molar-refractivity contribution in [3.8, 4) is 0 Å². The van der Waals surface area contributed by atoms with Gasteiger partial charge in [-0.15, -0.1) is 0 Å². The standard InChI is InChI=1S/C10H17N3O3/c14-6-7-2-1-3-13(7)10(16)8-4-12-9(15)5-11-8/h7-8,11,14H,1-6H2,(H,12,15)/t7-,8?/m0/s1. The number of hydrogen-bond donors (Lipinski definition) is 3. The fourth-order valence-corrected chi connectivity index (χ4v) is 2.26. The van der Waals surface area contributed by atoms with E-state index < -0.39 is 0 Å². The molecule has 0 aromatic carbocycles. The monoisotopic (exact) mass is 227 g/mol. The Morgan fingerprint density at radius 3 is 3.00 bits per heavy atom. The summed E-state index contributed by atoms with van der Waals surface area (Å²) in [5.41, 5.74) is 0. The molecule has 6 nitrogen and oxygen atoms in total. The number of hydrogen-bond acceptors (Lipinski definition) is 4. The largest absolute Gasteiger partial charge is 0.394 e. The first-order valence-corrected chi connectivity index (χ1v) is 5.64. The second-order valence-electron chi connectivity index (χ2n) is 4.25. The summed E-state index contributed by atoms with van der Waals surface area (Å²) in [7, 11) is 0. The summed E-state index contributed by atoms with van der Waals surface area (Å²) in [6, 6.07) is -0.392. The Morgan fingerprint density at radius 1 is 1.56 bits per heavy atom. The Balaban J connectivity index is 1.94. The Kier molecular flexibility index (Phi) is 3.40. The number of aliphatic hydroxyl groups excluding tert-OH is 1. The predicted molar refractivity (Wildman–Crippen MR) is 56.6 cm³/mol. The second kappa shape index (κ2) is 4.80. The van der Waals surface area contributed by atoms with Crippen LogP contribution in [0.5, 0.6) is 0 Å². The van der Waals surface area contributed by atoms with Gasteiger partial charge < -0.3 is 15.3 Å². The molecule has 0 aromatic rings. The fourth-order valence-electron chi connectivity index (χ4n) is 2.26. The number of likely N-dealkylation sites (tertiary alicyclic amines) is 1. The van der Waals surface area contributed by atoms with Crippen LogP contribution in [0.2, 0.25) is 0 Å². The maximum atomic E-state index is 12.1. The summed E-state index contributed by atoms with van der Waals surface area (Å²) in [5, 5.41) is 14.7. The smallest absolute Gasteiger partial charge is 0.241 e. The lowest BCUT2D eigenvalue weighted by Gasteiger charge is -2.30. The summed E-state index contributed by atoms with van der Waals surface area (Å²) >= 11 is 0. The molecule has 2 atom stereocenters. The van der Waals surface area contributed by atoms with Crippen molar-refractivity contribution >= 4 is 11.8 Å². The van der Waals surface area contributed by atoms with E-state index in [-0.39, 0.29) is 37.0 Å². The van der Waals surface area contributed by atoms with E-state index in [9.17, 15) is 9.59 Å². The van der Waals surface area contributed by atoms with Crippen LogP contribution in [0.3, 0.4) is 0 Å². The van der Waals surface area contributed by atoms with Crippen LogP contribution in [-0.2, 0) is 9.59 Å². The maximum Gasteiger partial charge on any atom is 0.241 e. The van der Waals surface area contributed by atoms with Crippen molar-refractivity contribution < 1.29 is 14.7 Å². The molecule has 2 amide bonds. The van der Waals surface area contributed by atoms with Crippen LogP contribution in [0.1, 0.15) is 12.8 Å². The summed E-state index contributed by atoms with van der Waals surface area (Å²) in [4.78, 5) is 24.7. The van der Waals surface area contributed by atoms with Crippen LogP contribution in [0.15, 0.2) is 0 Å². The molecule has 2 aliphatic rings. The molecule has 2 aliphatic heterocycles. The average molecular weight is 227 g/mol. The van der Waals surface area contributed by atoms with E-state index in [1.807, 2.05) is 0 Å². The molecule has 2 rings (SSSR count). The molecule has 2 heterocycles. The highest BCUT2D eigenvalue weighted by molar-refractivity contribution is 5.87. The number of aliphatic hydroxyl groups is 1. The highest BCUT2D eigenvalue weighted by Gasteiger charge is 2.34. The molecule has 2 fully saturated rings. The van der Waals surface area contributed by atoms with E-state index in [1.54, 1.807) is 4.90 Å². The van der Waals surface area contributed by atoms with Crippen LogP contribution in [-0.4, -0.2) is 60.1 Å². The molecule has 90 valence electrons. The quantitative estimate of drug-likeness (QED) is 0.512. The molecule has 16 heavy (non-hydrogen) atoms. The van der Waals surface area contributed by atoms with E-state index in [1.165, 1.54) is 0 Å². The lowest BCUT2D eigenvalue weighted by Crippen LogP contribution is -2.59. The summed E-state index contributed by atoms with van der Waals surface area (Å²) in [6.07, 6.45) is 1.80. The number of piperazine rings is 1. The molecule has 0 saturated carbocycles. The van der Waals surface area contributed by atoms with Crippen LogP contribution in [0, 0.1) is 0 Å². The second-order valence-corrected chi connectivity index (χ2v) is 4.25. The van der Waals surface area contributed by atoms with Gasteiger partial charge in [0.15, 0.2) is 0 Å². The van der Waals surface area contributed by atoms with Gasteiger partial charge in [0.1, 0.15) is 6.04 Å². The molecule has 6 heteroatoms. The van der Waals surface area contributed by atoms with Crippen LogP contribution in [0.25, 0.3) is 0 Å². The van der Waals surface area contributed by atoms with Gasteiger partial charge in [-0.05, 0) is 12.8 Å². The SMILES string of the molecule is O=C1CNC(C(=O)N2CCC[C@H]2CO)CN1. The van der Waals surface area contributed by atoms with Crippen molar-refractivity contribution in [1.82, 2.24) is 15.5 Å². The zero-order valence-corrected chi connectivity index (χ0v) is 9.11. The molecule has 0 radical (unpaired) electrons. The van der Waals surface area contributed by atoms with Crippen LogP contribution < -0.4 is 10.6 Å². The van der Waals surface area contributed by atoms with Crippen molar-refractivity contribution in [3.05, 3.63) is 0 Å². The van der Waals surface area contributed by atoms with Gasteiger partial charge in [-0.1, -0.05) is 0 Å². The van der Waals surface area contributed by atoms with Gasteiger partial charge in [0.25, 0.3) is 0 Å². The molecule has 3 N–H and O–H groups in total. The van der Waals surface area contributed by atoms with Gasteiger partial charge in [-0.3, -0.25) is 14.9 Å². The predicted octanol–water partition coefficient (Wildman–Crippen LogP) is -1.94. The van der Waals surface area contributed by atoms with Gasteiger partial charge in [0.2, 0.25) is 11.8 Å². The Labute approximate surface area is 94.0 Å². The number of nitrogens with one attached hydrogen (secondary N) is 2. The molecule has 2 saturated heterocycles. The van der Waals surface area contributed by atoms with Crippen molar-refractivity contribution in [3.63, 3.8) is 0 Å². The maximum absolute atomic E-state index is 12.1. The first-order chi connectivity index (χ1) is 7.72. The third-order valence-corrected chi connectivity index (χ3v) is 3.18. The Hall–Kier alpha value is -1.14. The minimum atomic E-state index is -0.343. The van der Waals surface area contributed by atoms with E-state index in [0.29, 0.717) is 13.1 Å². The first kappa shape index (κ1) is 11.3. The van der Waals surface area contributed by atoms with Gasteiger partial charge in [0, 0.05) is 13.1 Å². The van der Waals surface area contributed by atoms with Gasteiger partial charge >= 0.3 is 0 Å². The normalized spacial score (nSPS) is 30.3. The average Bonchev–Trinajstić information content (AvgIpc) is 2.77. The van der Waals surface area contributed by atoms with Gasteiger partial charge in [0.05, 0.1) is 19.2 Å². The molecule has 0 aromatic heterocycles. The molecule has 0 bridgehead atoms. The lowest BCUT2D eigenvalue weighted by molar-refractivity contribution is -0.136. The number of carbonyl (C=O) groups excluding carboxylic acids is 2. The highest BCUT2D eigenvalue weighted by Crippen LogP contribution is 2.17. The van der Waals surface area contributed by atoms with Crippen molar-refractivity contribution in [2.24, 2.45) is 0 Å². The molecular formula is C10H17N3O3. The zero-order chi connectivity index (χ0) is 11.5. The van der Waals surface area contributed by atoms with Crippen LogP contribution >= 0.6 is 0 Å². The van der Waals surface area contributed by atoms with E-state index in [0.717, 1.165) is 12.8 Å². The number of amides is 2. The van der Waals surface area contributed by atoms with Crippen molar-refractivity contribution in [2.45, 2.75) is 24.9 Å². The summed E-state index contributed by atoms with van der Waals surface area (Å²) < 4.78 is 0. The third kappa shape index (κ3) is 2.17. The zero-order valence-electron chi connectivity index (χ0n) is 9.11. The van der Waals surface area contributed by atoms with E-state index in [2.05, 4.69) is 10.6 Å². The molecule has 1 unspecified atom stereocenters. The van der Waals surface area contributed by atoms with E-state index in [4.69, 9.17) is 5.11 Å². The minimum absolute atomic E-state index is 0.0171. The number of carbonyl (C=O) groups is 2. The lowest BCUT2D eigenvalue weighted by atomic mass is 10.2. The summed E-state index contributed by atoms with van der Waals surface area (Å²) in [6.45, 7) is 1.25. The molecule has 0 aliphatic carbocycles. The highest BCUT2D eigenvalue weighted by atomic mass is 16.3. The van der Waals surface area contributed by atoms with E-state index >= 15 is 0 Å². The Morgan fingerprint density at radius 2 is 2.38 bits per heavy atom. The topological polar surface area (TPSA) is 81.7 Å². The van der Waals surface area contributed by atoms with Crippen molar-refractivity contribution in [1.29, 1.82) is 0 Å². The van der Waals surface area contributed by atoms with Gasteiger partial charge in [-0.25, -0.2) is 0 Å². The molecular weight excluding hydrogens is 210 g/mol. The van der Waals surface area contributed by atoms with Gasteiger partial charge in [-0.2, -0.15) is 0 Å². The fraction of sp³-hybridized carbons (Fsp3) is 0.800. The number of rotatable bonds is 2. The van der Waals surface area contributed by atoms with Crippen LogP contribution in [0.4, 0.5) is 0 Å². The first-order valence-electron chi connectivity index (χ1n) is 5.64. The third-order valence-electron chi connectivity index (χ3n) is 3.18. The van der Waals surface area contributed by atoms with Crippen molar-refractivity contribution in [2.75, 3.05) is 26.2 Å².